The lowest BCUT2D eigenvalue weighted by Gasteiger charge is -2.32. The molecule has 0 amide bonds. The van der Waals surface area contributed by atoms with Gasteiger partial charge in [-0.2, -0.15) is 0 Å². The Labute approximate surface area is 107 Å². The standard InChI is InChI=1S/C14H19ClFN/c1-9-2-5-14(17)11(6-9)7-10-8-12(15)3-4-13(10)16/h3-4,8-9,11,14H,2,5-7,17H2,1H3. The van der Waals surface area contributed by atoms with Crippen molar-refractivity contribution in [2.24, 2.45) is 17.6 Å². The molecule has 1 fully saturated rings. The van der Waals surface area contributed by atoms with Crippen molar-refractivity contribution >= 4 is 11.6 Å². The number of rotatable bonds is 2. The summed E-state index contributed by atoms with van der Waals surface area (Å²) in [5, 5.41) is 0.596. The fourth-order valence-corrected chi connectivity index (χ4v) is 2.93. The van der Waals surface area contributed by atoms with Crippen molar-refractivity contribution in [1.29, 1.82) is 0 Å². The Balaban J connectivity index is 2.11. The van der Waals surface area contributed by atoms with Crippen LogP contribution in [-0.4, -0.2) is 6.04 Å². The van der Waals surface area contributed by atoms with E-state index in [4.69, 9.17) is 17.3 Å². The molecule has 94 valence electrons. The molecule has 1 nitrogen and oxygen atoms in total. The van der Waals surface area contributed by atoms with Crippen molar-refractivity contribution in [2.45, 2.75) is 38.6 Å². The van der Waals surface area contributed by atoms with Gasteiger partial charge in [-0.05, 0) is 61.3 Å². The van der Waals surface area contributed by atoms with Crippen LogP contribution in [0.3, 0.4) is 0 Å². The van der Waals surface area contributed by atoms with E-state index in [1.54, 1.807) is 12.1 Å². The molecule has 1 aliphatic carbocycles. The highest BCUT2D eigenvalue weighted by Crippen LogP contribution is 2.31. The molecule has 3 unspecified atom stereocenters. The average molecular weight is 256 g/mol. The molecular formula is C14H19ClFN. The molecule has 2 rings (SSSR count). The maximum Gasteiger partial charge on any atom is 0.126 e. The van der Waals surface area contributed by atoms with Gasteiger partial charge in [0.2, 0.25) is 0 Å². The topological polar surface area (TPSA) is 26.0 Å². The molecule has 3 atom stereocenters. The van der Waals surface area contributed by atoms with Gasteiger partial charge in [0, 0.05) is 11.1 Å². The first-order chi connectivity index (χ1) is 8.06. The van der Waals surface area contributed by atoms with Crippen molar-refractivity contribution in [2.75, 3.05) is 0 Å². The summed E-state index contributed by atoms with van der Waals surface area (Å²) in [5.41, 5.74) is 6.82. The number of hydrogen-bond acceptors (Lipinski definition) is 1. The van der Waals surface area contributed by atoms with Crippen LogP contribution in [0.5, 0.6) is 0 Å². The van der Waals surface area contributed by atoms with E-state index in [2.05, 4.69) is 6.92 Å². The van der Waals surface area contributed by atoms with Gasteiger partial charge in [-0.1, -0.05) is 18.5 Å². The largest absolute Gasteiger partial charge is 0.327 e. The van der Waals surface area contributed by atoms with Crippen molar-refractivity contribution in [3.63, 3.8) is 0 Å². The van der Waals surface area contributed by atoms with E-state index >= 15 is 0 Å². The number of nitrogens with two attached hydrogens (primary N) is 1. The van der Waals surface area contributed by atoms with Crippen LogP contribution in [-0.2, 0) is 6.42 Å². The van der Waals surface area contributed by atoms with Gasteiger partial charge < -0.3 is 5.73 Å². The quantitative estimate of drug-likeness (QED) is 0.855. The van der Waals surface area contributed by atoms with E-state index in [1.165, 1.54) is 12.5 Å². The molecular weight excluding hydrogens is 237 g/mol. The second-order valence-electron chi connectivity index (χ2n) is 5.28. The summed E-state index contributed by atoms with van der Waals surface area (Å²) in [6, 6.07) is 4.95. The van der Waals surface area contributed by atoms with Crippen LogP contribution in [0.15, 0.2) is 18.2 Å². The fraction of sp³-hybridized carbons (Fsp3) is 0.571. The van der Waals surface area contributed by atoms with E-state index in [0.717, 1.165) is 12.8 Å². The minimum Gasteiger partial charge on any atom is -0.327 e. The SMILES string of the molecule is CC1CCC(N)C(Cc2cc(Cl)ccc2F)C1. The Morgan fingerprint density at radius 3 is 2.94 bits per heavy atom. The maximum absolute atomic E-state index is 13.6. The van der Waals surface area contributed by atoms with Gasteiger partial charge in [0.1, 0.15) is 5.82 Å². The van der Waals surface area contributed by atoms with Crippen LogP contribution >= 0.6 is 11.6 Å². The third-order valence-electron chi connectivity index (χ3n) is 3.79. The summed E-state index contributed by atoms with van der Waals surface area (Å²) in [5.74, 6) is 0.911. The Hall–Kier alpha value is -0.600. The number of halogens is 2. The zero-order chi connectivity index (χ0) is 12.4. The Kier molecular flexibility index (Phi) is 4.05. The Bertz CT molecular complexity index is 394. The third kappa shape index (κ3) is 3.20. The van der Waals surface area contributed by atoms with Gasteiger partial charge in [-0.25, -0.2) is 4.39 Å². The molecule has 0 radical (unpaired) electrons. The minimum atomic E-state index is -0.167. The molecule has 1 aromatic rings. The first-order valence-electron chi connectivity index (χ1n) is 6.25. The summed E-state index contributed by atoms with van der Waals surface area (Å²) >= 11 is 5.90. The maximum atomic E-state index is 13.6. The predicted molar refractivity (Wildman–Crippen MR) is 69.6 cm³/mol. The van der Waals surface area contributed by atoms with Crippen molar-refractivity contribution in [3.05, 3.63) is 34.6 Å². The summed E-state index contributed by atoms with van der Waals surface area (Å²) in [6.45, 7) is 2.24. The molecule has 0 aliphatic heterocycles. The van der Waals surface area contributed by atoms with E-state index in [1.807, 2.05) is 0 Å². The van der Waals surface area contributed by atoms with Gasteiger partial charge >= 0.3 is 0 Å². The van der Waals surface area contributed by atoms with E-state index in [-0.39, 0.29) is 11.9 Å². The molecule has 3 heteroatoms. The van der Waals surface area contributed by atoms with Gasteiger partial charge in [-0.15, -0.1) is 0 Å². The highest BCUT2D eigenvalue weighted by atomic mass is 35.5. The predicted octanol–water partition coefficient (Wildman–Crippen LogP) is 3.79. The molecule has 0 heterocycles. The van der Waals surface area contributed by atoms with Crippen LogP contribution in [0.1, 0.15) is 31.7 Å². The normalized spacial score (nSPS) is 29.3. The van der Waals surface area contributed by atoms with Gasteiger partial charge in [-0.3, -0.25) is 0 Å². The second kappa shape index (κ2) is 5.36. The molecule has 0 aromatic heterocycles. The molecule has 0 bridgehead atoms. The highest BCUT2D eigenvalue weighted by Gasteiger charge is 2.26. The average Bonchev–Trinajstić information content (AvgIpc) is 2.28. The first-order valence-corrected chi connectivity index (χ1v) is 6.63. The van der Waals surface area contributed by atoms with Crippen LogP contribution < -0.4 is 5.73 Å². The summed E-state index contributed by atoms with van der Waals surface area (Å²) in [6.07, 6.45) is 4.04. The smallest absolute Gasteiger partial charge is 0.126 e. The third-order valence-corrected chi connectivity index (χ3v) is 4.03. The highest BCUT2D eigenvalue weighted by molar-refractivity contribution is 6.30. The van der Waals surface area contributed by atoms with Gasteiger partial charge in [0.15, 0.2) is 0 Å². The van der Waals surface area contributed by atoms with Crippen LogP contribution in [0.25, 0.3) is 0 Å². The fourth-order valence-electron chi connectivity index (χ4n) is 2.74. The molecule has 2 N–H and O–H groups in total. The van der Waals surface area contributed by atoms with Crippen LogP contribution in [0.2, 0.25) is 5.02 Å². The monoisotopic (exact) mass is 255 g/mol. The Morgan fingerprint density at radius 1 is 1.41 bits per heavy atom. The van der Waals surface area contributed by atoms with E-state index in [0.29, 0.717) is 28.8 Å². The Morgan fingerprint density at radius 2 is 2.18 bits per heavy atom. The molecule has 17 heavy (non-hydrogen) atoms. The zero-order valence-electron chi connectivity index (χ0n) is 10.1. The first kappa shape index (κ1) is 12.8. The lowest BCUT2D eigenvalue weighted by Crippen LogP contribution is -2.36. The van der Waals surface area contributed by atoms with Crippen molar-refractivity contribution in [1.82, 2.24) is 0 Å². The summed E-state index contributed by atoms with van der Waals surface area (Å²) in [7, 11) is 0. The van der Waals surface area contributed by atoms with Crippen LogP contribution in [0.4, 0.5) is 4.39 Å². The summed E-state index contributed by atoms with van der Waals surface area (Å²) in [4.78, 5) is 0. The molecule has 1 aromatic carbocycles. The number of benzene rings is 1. The molecule has 0 saturated heterocycles. The lowest BCUT2D eigenvalue weighted by atomic mass is 9.76. The van der Waals surface area contributed by atoms with Gasteiger partial charge in [0.25, 0.3) is 0 Å². The van der Waals surface area contributed by atoms with Gasteiger partial charge in [0.05, 0.1) is 0 Å². The molecule has 0 spiro atoms. The second-order valence-corrected chi connectivity index (χ2v) is 5.72. The van der Waals surface area contributed by atoms with E-state index < -0.39 is 0 Å². The molecule has 1 saturated carbocycles. The van der Waals surface area contributed by atoms with E-state index in [9.17, 15) is 4.39 Å². The van der Waals surface area contributed by atoms with Crippen LogP contribution in [0, 0.1) is 17.7 Å². The van der Waals surface area contributed by atoms with Crippen molar-refractivity contribution < 1.29 is 4.39 Å². The number of hydrogen-bond donors (Lipinski definition) is 1. The lowest BCUT2D eigenvalue weighted by molar-refractivity contribution is 0.243. The minimum absolute atomic E-state index is 0.167. The molecule has 1 aliphatic rings. The summed E-state index contributed by atoms with van der Waals surface area (Å²) < 4.78 is 13.6. The van der Waals surface area contributed by atoms with Crippen molar-refractivity contribution in [3.8, 4) is 0 Å². The zero-order valence-corrected chi connectivity index (χ0v) is 10.9.